The number of fused-ring (bicyclic) bond motifs is 1. The number of amides is 2. The molecular formula is C18H19ClN6O. The van der Waals surface area contributed by atoms with Gasteiger partial charge in [-0.15, -0.1) is 0 Å². The summed E-state index contributed by atoms with van der Waals surface area (Å²) in [5.74, 6) is 0. The van der Waals surface area contributed by atoms with E-state index < -0.39 is 0 Å². The Hall–Kier alpha value is -2.64. The number of urea groups is 1. The molecule has 0 unspecified atom stereocenters. The molecule has 0 spiro atoms. The van der Waals surface area contributed by atoms with Gasteiger partial charge in [0, 0.05) is 44.3 Å². The van der Waals surface area contributed by atoms with Crippen LogP contribution in [0.2, 0.25) is 5.02 Å². The summed E-state index contributed by atoms with van der Waals surface area (Å²) in [6.45, 7) is 3.60. The summed E-state index contributed by atoms with van der Waals surface area (Å²) >= 11 is 6.18. The first kappa shape index (κ1) is 16.8. The summed E-state index contributed by atoms with van der Waals surface area (Å²) in [6.07, 6.45) is 3.47. The molecule has 0 atom stereocenters. The van der Waals surface area contributed by atoms with Crippen LogP contribution in [0.1, 0.15) is 5.69 Å². The molecule has 1 aliphatic rings. The minimum Gasteiger partial charge on any atom is -0.322 e. The smallest absolute Gasteiger partial charge is 0.321 e. The number of aromatic amines is 1. The van der Waals surface area contributed by atoms with Crippen LogP contribution in [0.25, 0.3) is 10.9 Å². The number of piperazine rings is 1. The Kier molecular flexibility index (Phi) is 4.73. The Labute approximate surface area is 156 Å². The highest BCUT2D eigenvalue weighted by Crippen LogP contribution is 2.22. The number of aromatic nitrogens is 3. The van der Waals surface area contributed by atoms with E-state index in [1.165, 1.54) is 0 Å². The third kappa shape index (κ3) is 3.49. The van der Waals surface area contributed by atoms with Crippen molar-refractivity contribution in [2.24, 2.45) is 0 Å². The van der Waals surface area contributed by atoms with Gasteiger partial charge in [-0.05, 0) is 24.3 Å². The van der Waals surface area contributed by atoms with Gasteiger partial charge in [0.05, 0.1) is 28.1 Å². The lowest BCUT2D eigenvalue weighted by molar-refractivity contribution is 0.142. The van der Waals surface area contributed by atoms with Gasteiger partial charge >= 0.3 is 6.03 Å². The molecule has 0 radical (unpaired) electrons. The molecule has 134 valence electrons. The maximum absolute atomic E-state index is 12.6. The quantitative estimate of drug-likeness (QED) is 0.743. The van der Waals surface area contributed by atoms with Crippen LogP contribution in [-0.2, 0) is 6.54 Å². The van der Waals surface area contributed by atoms with E-state index in [4.69, 9.17) is 11.6 Å². The van der Waals surface area contributed by atoms with Crippen molar-refractivity contribution in [3.63, 3.8) is 0 Å². The van der Waals surface area contributed by atoms with Crippen LogP contribution in [0, 0.1) is 0 Å². The monoisotopic (exact) mass is 370 g/mol. The highest BCUT2D eigenvalue weighted by molar-refractivity contribution is 6.31. The molecule has 0 aliphatic carbocycles. The van der Waals surface area contributed by atoms with Crippen molar-refractivity contribution in [2.75, 3.05) is 31.5 Å². The lowest BCUT2D eigenvalue weighted by Crippen LogP contribution is -2.49. The number of halogens is 1. The van der Waals surface area contributed by atoms with Gasteiger partial charge in [0.2, 0.25) is 0 Å². The van der Waals surface area contributed by atoms with E-state index in [2.05, 4.69) is 25.4 Å². The van der Waals surface area contributed by atoms with Crippen LogP contribution in [0.5, 0.6) is 0 Å². The molecule has 0 bridgehead atoms. The number of pyridine rings is 1. The summed E-state index contributed by atoms with van der Waals surface area (Å²) in [6, 6.07) is 9.30. The highest BCUT2D eigenvalue weighted by Gasteiger charge is 2.22. The SMILES string of the molecule is O=C(Nc1cccc2[nH]ncc12)N1CCN(Cc2ncccc2Cl)CC1. The number of hydrogen-bond acceptors (Lipinski definition) is 4. The van der Waals surface area contributed by atoms with Crippen LogP contribution in [-0.4, -0.2) is 57.2 Å². The Morgan fingerprint density at radius 2 is 2.04 bits per heavy atom. The van der Waals surface area contributed by atoms with Gasteiger partial charge in [-0.3, -0.25) is 15.0 Å². The second-order valence-electron chi connectivity index (χ2n) is 6.26. The molecule has 3 heterocycles. The van der Waals surface area contributed by atoms with E-state index in [0.29, 0.717) is 24.7 Å². The fraction of sp³-hybridized carbons (Fsp3) is 0.278. The van der Waals surface area contributed by atoms with Gasteiger partial charge < -0.3 is 10.2 Å². The molecule has 3 aromatic rings. The van der Waals surface area contributed by atoms with Gasteiger partial charge in [0.25, 0.3) is 0 Å². The lowest BCUT2D eigenvalue weighted by atomic mass is 10.2. The van der Waals surface area contributed by atoms with E-state index in [0.717, 1.165) is 35.4 Å². The number of benzene rings is 1. The molecule has 2 aromatic heterocycles. The zero-order valence-corrected chi connectivity index (χ0v) is 14.9. The standard InChI is InChI=1S/C18H19ClN6O/c19-14-3-2-6-20-17(14)12-24-7-9-25(10-8-24)18(26)22-15-4-1-5-16-13(15)11-21-23-16/h1-6,11H,7-10,12H2,(H,21,23)(H,22,26). The van der Waals surface area contributed by atoms with Gasteiger partial charge in [-0.1, -0.05) is 17.7 Å². The highest BCUT2D eigenvalue weighted by atomic mass is 35.5. The molecule has 4 rings (SSSR count). The van der Waals surface area contributed by atoms with Gasteiger partial charge in [0.1, 0.15) is 0 Å². The maximum atomic E-state index is 12.6. The number of carbonyl (C=O) groups excluding carboxylic acids is 1. The summed E-state index contributed by atoms with van der Waals surface area (Å²) in [7, 11) is 0. The van der Waals surface area contributed by atoms with Crippen LogP contribution in [0.4, 0.5) is 10.5 Å². The average Bonchev–Trinajstić information content (AvgIpc) is 3.14. The number of anilines is 1. The van der Waals surface area contributed by atoms with Gasteiger partial charge in [-0.2, -0.15) is 5.10 Å². The van der Waals surface area contributed by atoms with Crippen LogP contribution >= 0.6 is 11.6 Å². The normalized spacial score (nSPS) is 15.3. The van der Waals surface area contributed by atoms with Crippen molar-refractivity contribution < 1.29 is 4.79 Å². The molecular weight excluding hydrogens is 352 g/mol. The van der Waals surface area contributed by atoms with Crippen molar-refractivity contribution in [1.82, 2.24) is 25.0 Å². The van der Waals surface area contributed by atoms with E-state index in [1.54, 1.807) is 12.4 Å². The Bertz CT molecular complexity index is 919. The zero-order valence-electron chi connectivity index (χ0n) is 14.2. The summed E-state index contributed by atoms with van der Waals surface area (Å²) in [5, 5.41) is 11.5. The first-order valence-electron chi connectivity index (χ1n) is 8.50. The lowest BCUT2D eigenvalue weighted by Gasteiger charge is -2.34. The van der Waals surface area contributed by atoms with Gasteiger partial charge in [0.15, 0.2) is 0 Å². The maximum Gasteiger partial charge on any atom is 0.321 e. The van der Waals surface area contributed by atoms with Crippen LogP contribution < -0.4 is 5.32 Å². The predicted molar refractivity (Wildman–Crippen MR) is 101 cm³/mol. The van der Waals surface area contributed by atoms with Crippen molar-refractivity contribution >= 4 is 34.2 Å². The predicted octanol–water partition coefficient (Wildman–Crippen LogP) is 2.96. The van der Waals surface area contributed by atoms with Crippen molar-refractivity contribution in [1.29, 1.82) is 0 Å². The van der Waals surface area contributed by atoms with Crippen molar-refractivity contribution in [2.45, 2.75) is 6.54 Å². The van der Waals surface area contributed by atoms with Crippen molar-refractivity contribution in [3.05, 3.63) is 53.4 Å². The summed E-state index contributed by atoms with van der Waals surface area (Å²) in [4.78, 5) is 21.0. The molecule has 1 aromatic carbocycles. The van der Waals surface area contributed by atoms with E-state index in [-0.39, 0.29) is 6.03 Å². The molecule has 26 heavy (non-hydrogen) atoms. The Morgan fingerprint density at radius 3 is 2.85 bits per heavy atom. The largest absolute Gasteiger partial charge is 0.322 e. The molecule has 1 fully saturated rings. The van der Waals surface area contributed by atoms with Gasteiger partial charge in [-0.25, -0.2) is 4.79 Å². The third-order valence-electron chi connectivity index (χ3n) is 4.59. The number of hydrogen-bond donors (Lipinski definition) is 2. The topological polar surface area (TPSA) is 77.2 Å². The number of H-pyrrole nitrogens is 1. The van der Waals surface area contributed by atoms with E-state index in [9.17, 15) is 4.79 Å². The second kappa shape index (κ2) is 7.31. The first-order valence-corrected chi connectivity index (χ1v) is 8.88. The van der Waals surface area contributed by atoms with Crippen LogP contribution in [0.15, 0.2) is 42.7 Å². The molecule has 8 heteroatoms. The third-order valence-corrected chi connectivity index (χ3v) is 4.94. The molecule has 1 saturated heterocycles. The fourth-order valence-corrected chi connectivity index (χ4v) is 3.31. The minimum absolute atomic E-state index is 0.0887. The number of rotatable bonds is 3. The fourth-order valence-electron chi connectivity index (χ4n) is 3.13. The first-order chi connectivity index (χ1) is 12.7. The zero-order chi connectivity index (χ0) is 17.9. The van der Waals surface area contributed by atoms with E-state index in [1.807, 2.05) is 35.2 Å². The molecule has 2 N–H and O–H groups in total. The molecule has 1 aliphatic heterocycles. The average molecular weight is 371 g/mol. The van der Waals surface area contributed by atoms with Crippen molar-refractivity contribution in [3.8, 4) is 0 Å². The minimum atomic E-state index is -0.0887. The molecule has 0 saturated carbocycles. The van der Waals surface area contributed by atoms with Crippen LogP contribution in [0.3, 0.4) is 0 Å². The number of nitrogens with zero attached hydrogens (tertiary/aromatic N) is 4. The Morgan fingerprint density at radius 1 is 1.19 bits per heavy atom. The molecule has 2 amide bonds. The summed E-state index contributed by atoms with van der Waals surface area (Å²) in [5.41, 5.74) is 2.54. The number of carbonyl (C=O) groups is 1. The molecule has 7 nitrogen and oxygen atoms in total. The summed E-state index contributed by atoms with van der Waals surface area (Å²) < 4.78 is 0. The number of nitrogens with one attached hydrogen (secondary N) is 2. The van der Waals surface area contributed by atoms with E-state index >= 15 is 0 Å². The Balaban J connectivity index is 1.35. The second-order valence-corrected chi connectivity index (χ2v) is 6.67.